The SMILES string of the molecule is COc1ccccc1N1CCN(C(=O)CN2C(=O)C(=Cc3ccc(F)cc3)Oc3ccccc32)CC1. The first-order valence-corrected chi connectivity index (χ1v) is 11.8. The van der Waals surface area contributed by atoms with Crippen LogP contribution in [0.1, 0.15) is 5.56 Å². The van der Waals surface area contributed by atoms with Crippen LogP contribution in [0.2, 0.25) is 0 Å². The number of benzene rings is 3. The van der Waals surface area contributed by atoms with Gasteiger partial charge < -0.3 is 19.3 Å². The molecule has 8 heteroatoms. The zero-order chi connectivity index (χ0) is 25.1. The maximum Gasteiger partial charge on any atom is 0.294 e. The fourth-order valence-electron chi connectivity index (χ4n) is 4.45. The van der Waals surface area contributed by atoms with Gasteiger partial charge in [-0.25, -0.2) is 4.39 Å². The summed E-state index contributed by atoms with van der Waals surface area (Å²) in [6, 6.07) is 20.7. The van der Waals surface area contributed by atoms with Crippen molar-refractivity contribution >= 4 is 29.3 Å². The number of amides is 2. The van der Waals surface area contributed by atoms with Crippen molar-refractivity contribution < 1.29 is 23.5 Å². The van der Waals surface area contributed by atoms with Crippen molar-refractivity contribution in [3.8, 4) is 11.5 Å². The smallest absolute Gasteiger partial charge is 0.294 e. The summed E-state index contributed by atoms with van der Waals surface area (Å²) in [6.07, 6.45) is 1.56. The largest absolute Gasteiger partial charge is 0.495 e. The van der Waals surface area contributed by atoms with E-state index in [1.54, 1.807) is 54.5 Å². The van der Waals surface area contributed by atoms with E-state index in [0.717, 1.165) is 11.4 Å². The Bertz CT molecular complexity index is 1300. The van der Waals surface area contributed by atoms with Crippen LogP contribution in [-0.2, 0) is 9.59 Å². The predicted octanol–water partition coefficient (Wildman–Crippen LogP) is 3.95. The van der Waals surface area contributed by atoms with E-state index in [2.05, 4.69) is 4.90 Å². The van der Waals surface area contributed by atoms with Crippen LogP contribution in [0.25, 0.3) is 6.08 Å². The molecule has 0 spiro atoms. The van der Waals surface area contributed by atoms with Crippen LogP contribution in [-0.4, -0.2) is 56.5 Å². The van der Waals surface area contributed by atoms with Crippen LogP contribution in [0, 0.1) is 5.82 Å². The van der Waals surface area contributed by atoms with Crippen LogP contribution in [0.4, 0.5) is 15.8 Å². The van der Waals surface area contributed by atoms with Crippen LogP contribution in [0.3, 0.4) is 0 Å². The van der Waals surface area contributed by atoms with Gasteiger partial charge in [0.15, 0.2) is 11.5 Å². The Balaban J connectivity index is 1.31. The van der Waals surface area contributed by atoms with E-state index in [1.165, 1.54) is 17.0 Å². The molecule has 7 nitrogen and oxygen atoms in total. The summed E-state index contributed by atoms with van der Waals surface area (Å²) in [5.41, 5.74) is 2.16. The van der Waals surface area contributed by atoms with Gasteiger partial charge in [0, 0.05) is 26.2 Å². The molecule has 0 N–H and O–H groups in total. The molecule has 36 heavy (non-hydrogen) atoms. The number of fused-ring (bicyclic) bond motifs is 1. The standard InChI is InChI=1S/C28H26FN3O4/c1-35-24-8-4-2-6-22(24)30-14-16-31(17-15-30)27(33)19-32-23-7-3-5-9-25(23)36-26(28(32)34)18-20-10-12-21(29)13-11-20/h2-13,18H,14-17,19H2,1H3. The Morgan fingerprint density at radius 1 is 0.944 bits per heavy atom. The molecule has 0 aromatic heterocycles. The first-order valence-electron chi connectivity index (χ1n) is 11.8. The van der Waals surface area contributed by atoms with Gasteiger partial charge in [0.2, 0.25) is 5.91 Å². The van der Waals surface area contributed by atoms with Gasteiger partial charge in [0.1, 0.15) is 18.1 Å². The highest BCUT2D eigenvalue weighted by molar-refractivity contribution is 6.12. The summed E-state index contributed by atoms with van der Waals surface area (Å²) in [6.45, 7) is 2.30. The lowest BCUT2D eigenvalue weighted by Crippen LogP contribution is -2.52. The molecule has 0 bridgehead atoms. The third kappa shape index (κ3) is 4.75. The summed E-state index contributed by atoms with van der Waals surface area (Å²) >= 11 is 0. The molecule has 0 aliphatic carbocycles. The third-order valence-electron chi connectivity index (χ3n) is 6.35. The van der Waals surface area contributed by atoms with Gasteiger partial charge in [-0.3, -0.25) is 14.5 Å². The molecule has 5 rings (SSSR count). The summed E-state index contributed by atoms with van der Waals surface area (Å²) < 4.78 is 24.6. The molecule has 2 aliphatic heterocycles. The number of nitrogens with zero attached hydrogens (tertiary/aromatic N) is 3. The van der Waals surface area contributed by atoms with Crippen molar-refractivity contribution in [1.29, 1.82) is 0 Å². The van der Waals surface area contributed by atoms with Crippen LogP contribution < -0.4 is 19.3 Å². The minimum Gasteiger partial charge on any atom is -0.495 e. The average molecular weight is 488 g/mol. The number of hydrogen-bond donors (Lipinski definition) is 0. The molecule has 0 radical (unpaired) electrons. The van der Waals surface area contributed by atoms with Gasteiger partial charge in [0.25, 0.3) is 5.91 Å². The molecule has 1 saturated heterocycles. The van der Waals surface area contributed by atoms with Gasteiger partial charge in [-0.2, -0.15) is 0 Å². The van der Waals surface area contributed by atoms with Crippen LogP contribution >= 0.6 is 0 Å². The normalized spacial score (nSPS) is 16.6. The molecule has 2 amide bonds. The van der Waals surface area contributed by atoms with E-state index in [1.807, 2.05) is 24.3 Å². The summed E-state index contributed by atoms with van der Waals surface area (Å²) in [7, 11) is 1.65. The third-order valence-corrected chi connectivity index (χ3v) is 6.35. The summed E-state index contributed by atoms with van der Waals surface area (Å²) in [5.74, 6) is 0.443. The molecular weight excluding hydrogens is 461 g/mol. The van der Waals surface area contributed by atoms with Gasteiger partial charge in [-0.05, 0) is 48.0 Å². The quantitative estimate of drug-likeness (QED) is 0.510. The lowest BCUT2D eigenvalue weighted by atomic mass is 10.1. The Kier molecular flexibility index (Phi) is 6.58. The van der Waals surface area contributed by atoms with Crippen molar-refractivity contribution in [2.75, 3.05) is 49.6 Å². The van der Waals surface area contributed by atoms with Gasteiger partial charge in [-0.15, -0.1) is 0 Å². The van der Waals surface area contributed by atoms with E-state index >= 15 is 0 Å². The molecule has 0 saturated carbocycles. The van der Waals surface area contributed by atoms with E-state index in [4.69, 9.17) is 9.47 Å². The first kappa shape index (κ1) is 23.4. The Labute approximate surface area is 208 Å². The number of piperazine rings is 1. The Hall–Kier alpha value is -4.33. The van der Waals surface area contributed by atoms with Gasteiger partial charge >= 0.3 is 0 Å². The lowest BCUT2D eigenvalue weighted by molar-refractivity contribution is -0.131. The highest BCUT2D eigenvalue weighted by Gasteiger charge is 2.33. The van der Waals surface area contributed by atoms with Crippen molar-refractivity contribution in [2.45, 2.75) is 0 Å². The van der Waals surface area contributed by atoms with Crippen LogP contribution in [0.15, 0.2) is 78.6 Å². The average Bonchev–Trinajstić information content (AvgIpc) is 2.92. The molecule has 2 aliphatic rings. The number of para-hydroxylation sites is 4. The number of hydrogen-bond acceptors (Lipinski definition) is 5. The summed E-state index contributed by atoms with van der Waals surface area (Å²) in [4.78, 5) is 32.1. The number of halogens is 1. The molecule has 1 fully saturated rings. The fourth-order valence-corrected chi connectivity index (χ4v) is 4.45. The lowest BCUT2D eigenvalue weighted by Gasteiger charge is -2.38. The number of methoxy groups -OCH3 is 1. The molecule has 3 aromatic carbocycles. The maximum atomic E-state index is 13.4. The second-order valence-electron chi connectivity index (χ2n) is 8.56. The van der Waals surface area contributed by atoms with Crippen LogP contribution in [0.5, 0.6) is 11.5 Å². The molecule has 3 aromatic rings. The number of anilines is 2. The van der Waals surface area contributed by atoms with Crippen molar-refractivity contribution in [3.63, 3.8) is 0 Å². The molecule has 0 atom stereocenters. The highest BCUT2D eigenvalue weighted by atomic mass is 19.1. The number of ether oxygens (including phenoxy) is 2. The van der Waals surface area contributed by atoms with Crippen molar-refractivity contribution in [3.05, 3.63) is 89.9 Å². The van der Waals surface area contributed by atoms with Gasteiger partial charge in [0.05, 0.1) is 18.5 Å². The van der Waals surface area contributed by atoms with Gasteiger partial charge in [-0.1, -0.05) is 36.4 Å². The predicted molar refractivity (Wildman–Crippen MR) is 136 cm³/mol. The monoisotopic (exact) mass is 487 g/mol. The van der Waals surface area contributed by atoms with Crippen molar-refractivity contribution in [2.24, 2.45) is 0 Å². The van der Waals surface area contributed by atoms with E-state index in [-0.39, 0.29) is 24.0 Å². The minimum absolute atomic E-state index is 0.0779. The second-order valence-corrected chi connectivity index (χ2v) is 8.56. The Morgan fingerprint density at radius 3 is 2.33 bits per heavy atom. The number of carbonyl (C=O) groups excluding carboxylic acids is 2. The molecule has 0 unspecified atom stereocenters. The van der Waals surface area contributed by atoms with E-state index < -0.39 is 5.91 Å². The zero-order valence-electron chi connectivity index (χ0n) is 19.9. The number of rotatable bonds is 5. The van der Waals surface area contributed by atoms with Crippen molar-refractivity contribution in [1.82, 2.24) is 4.90 Å². The molecule has 184 valence electrons. The molecular formula is C28H26FN3O4. The fraction of sp³-hybridized carbons (Fsp3) is 0.214. The Morgan fingerprint density at radius 2 is 1.61 bits per heavy atom. The zero-order valence-corrected chi connectivity index (χ0v) is 19.9. The second kappa shape index (κ2) is 10.1. The van der Waals surface area contributed by atoms with E-state index in [0.29, 0.717) is 43.2 Å². The number of carbonyl (C=O) groups is 2. The summed E-state index contributed by atoms with van der Waals surface area (Å²) in [5, 5.41) is 0. The minimum atomic E-state index is -0.418. The molecule has 2 heterocycles. The topological polar surface area (TPSA) is 62.3 Å². The maximum absolute atomic E-state index is 13.4. The first-order chi connectivity index (χ1) is 17.5. The highest BCUT2D eigenvalue weighted by Crippen LogP contribution is 2.35. The van der Waals surface area contributed by atoms with E-state index in [9.17, 15) is 14.0 Å².